The third-order valence-electron chi connectivity index (χ3n) is 4.51. The van der Waals surface area contributed by atoms with Gasteiger partial charge in [0.05, 0.1) is 0 Å². The number of rotatable bonds is 4. The van der Waals surface area contributed by atoms with Crippen molar-refractivity contribution in [3.05, 3.63) is 65.9 Å². The van der Waals surface area contributed by atoms with E-state index in [0.29, 0.717) is 0 Å². The van der Waals surface area contributed by atoms with E-state index in [1.165, 1.54) is 30.5 Å². The highest BCUT2D eigenvalue weighted by molar-refractivity contribution is 5.90. The molecule has 25 heavy (non-hydrogen) atoms. The Morgan fingerprint density at radius 1 is 1.00 bits per heavy atom. The van der Waals surface area contributed by atoms with Crippen LogP contribution in [0.3, 0.4) is 0 Å². The maximum Gasteiger partial charge on any atom is 0.323 e. The summed E-state index contributed by atoms with van der Waals surface area (Å²) in [7, 11) is 0. The molecule has 1 aliphatic rings. The molecule has 1 saturated heterocycles. The summed E-state index contributed by atoms with van der Waals surface area (Å²) in [4.78, 5) is 14.4. The number of nitrogens with zero attached hydrogens (tertiary/aromatic N) is 1. The Hall–Kier alpha value is -2.75. The normalized spacial score (nSPS) is 14.5. The number of amides is 2. The second-order valence-electron chi connectivity index (χ2n) is 6.38. The number of nitrogens with one attached hydrogen (secondary N) is 2. The van der Waals surface area contributed by atoms with E-state index in [2.05, 4.69) is 27.7 Å². The molecule has 3 rings (SSSR count). The molecular formula is C21H25N3O. The molecule has 1 fully saturated rings. The van der Waals surface area contributed by atoms with Crippen LogP contribution in [0.1, 0.15) is 30.4 Å². The van der Waals surface area contributed by atoms with Crippen molar-refractivity contribution in [3.63, 3.8) is 0 Å². The number of anilines is 2. The smallest absolute Gasteiger partial charge is 0.323 e. The summed E-state index contributed by atoms with van der Waals surface area (Å²) >= 11 is 0. The largest absolute Gasteiger partial charge is 0.372 e. The van der Waals surface area contributed by atoms with Gasteiger partial charge in [-0.15, -0.1) is 0 Å². The molecule has 0 spiro atoms. The first-order chi connectivity index (χ1) is 12.2. The molecule has 0 aromatic heterocycles. The third-order valence-corrected chi connectivity index (χ3v) is 4.51. The van der Waals surface area contributed by atoms with Gasteiger partial charge in [-0.25, -0.2) is 4.79 Å². The Morgan fingerprint density at radius 2 is 1.72 bits per heavy atom. The van der Waals surface area contributed by atoms with Gasteiger partial charge in [0.1, 0.15) is 0 Å². The number of hydrogen-bond acceptors (Lipinski definition) is 2. The Kier molecular flexibility index (Phi) is 5.73. The second kappa shape index (κ2) is 8.38. The van der Waals surface area contributed by atoms with E-state index in [9.17, 15) is 4.79 Å². The minimum absolute atomic E-state index is 0.240. The average Bonchev–Trinajstić information content (AvgIpc) is 2.65. The first kappa shape index (κ1) is 17.1. The van der Waals surface area contributed by atoms with Gasteiger partial charge in [0.2, 0.25) is 0 Å². The van der Waals surface area contributed by atoms with Gasteiger partial charge in [-0.3, -0.25) is 0 Å². The topological polar surface area (TPSA) is 44.4 Å². The predicted molar refractivity (Wildman–Crippen MR) is 105 cm³/mol. The lowest BCUT2D eigenvalue weighted by Crippen LogP contribution is -2.29. The van der Waals surface area contributed by atoms with Crippen LogP contribution in [0.2, 0.25) is 0 Å². The summed E-state index contributed by atoms with van der Waals surface area (Å²) in [6, 6.07) is 15.9. The number of urea groups is 1. The Balaban J connectivity index is 1.51. The van der Waals surface area contributed by atoms with E-state index in [1.807, 2.05) is 49.4 Å². The first-order valence-corrected chi connectivity index (χ1v) is 8.87. The SMILES string of the molecule is Cc1ccccc1/C=C/NC(=O)Nc1ccc(N2CCCCC2)cc1. The molecule has 0 atom stereocenters. The number of piperidine rings is 1. The zero-order chi connectivity index (χ0) is 17.5. The first-order valence-electron chi connectivity index (χ1n) is 8.87. The van der Waals surface area contributed by atoms with Crippen molar-refractivity contribution >= 4 is 23.5 Å². The molecule has 0 unspecified atom stereocenters. The fraction of sp³-hybridized carbons (Fsp3) is 0.286. The molecule has 4 heteroatoms. The molecule has 0 bridgehead atoms. The van der Waals surface area contributed by atoms with Crippen molar-refractivity contribution in [3.8, 4) is 0 Å². The number of carbonyl (C=O) groups excluding carboxylic acids is 1. The molecule has 130 valence electrons. The summed E-state index contributed by atoms with van der Waals surface area (Å²) in [6.07, 6.45) is 7.41. The van der Waals surface area contributed by atoms with Crippen molar-refractivity contribution in [2.24, 2.45) is 0 Å². The number of carbonyl (C=O) groups is 1. The number of benzene rings is 2. The second-order valence-corrected chi connectivity index (χ2v) is 6.38. The van der Waals surface area contributed by atoms with Gasteiger partial charge in [0.25, 0.3) is 0 Å². The van der Waals surface area contributed by atoms with Crippen molar-refractivity contribution in [1.82, 2.24) is 5.32 Å². The maximum absolute atomic E-state index is 12.0. The van der Waals surface area contributed by atoms with Gasteiger partial charge in [0, 0.05) is 30.7 Å². The quantitative estimate of drug-likeness (QED) is 0.844. The van der Waals surface area contributed by atoms with Crippen LogP contribution in [0.5, 0.6) is 0 Å². The standard InChI is InChI=1S/C21H25N3O/c1-17-7-3-4-8-18(17)13-14-22-21(25)23-19-9-11-20(12-10-19)24-15-5-2-6-16-24/h3-4,7-14H,2,5-6,15-16H2,1H3,(H2,22,23,25)/b14-13+. The Morgan fingerprint density at radius 3 is 2.44 bits per heavy atom. The minimum atomic E-state index is -0.240. The van der Waals surface area contributed by atoms with Crippen molar-refractivity contribution in [2.45, 2.75) is 26.2 Å². The van der Waals surface area contributed by atoms with Gasteiger partial charge in [-0.2, -0.15) is 0 Å². The number of aryl methyl sites for hydroxylation is 1. The van der Waals surface area contributed by atoms with Crippen LogP contribution < -0.4 is 15.5 Å². The molecule has 1 aliphatic heterocycles. The van der Waals surface area contributed by atoms with Gasteiger partial charge < -0.3 is 15.5 Å². The summed E-state index contributed by atoms with van der Waals surface area (Å²) < 4.78 is 0. The minimum Gasteiger partial charge on any atom is -0.372 e. The Labute approximate surface area is 149 Å². The van der Waals surface area contributed by atoms with Crippen LogP contribution >= 0.6 is 0 Å². The van der Waals surface area contributed by atoms with Crippen LogP contribution in [0.4, 0.5) is 16.2 Å². The van der Waals surface area contributed by atoms with Gasteiger partial charge in [-0.1, -0.05) is 24.3 Å². The summed E-state index contributed by atoms with van der Waals surface area (Å²) in [5, 5.41) is 5.60. The summed E-state index contributed by atoms with van der Waals surface area (Å²) in [6.45, 7) is 4.29. The molecule has 2 amide bonds. The van der Waals surface area contributed by atoms with E-state index in [-0.39, 0.29) is 6.03 Å². The van der Waals surface area contributed by atoms with Crippen LogP contribution in [0.15, 0.2) is 54.7 Å². The van der Waals surface area contributed by atoms with E-state index in [4.69, 9.17) is 0 Å². The maximum atomic E-state index is 12.0. The zero-order valence-corrected chi connectivity index (χ0v) is 14.7. The highest BCUT2D eigenvalue weighted by Gasteiger charge is 2.10. The third kappa shape index (κ3) is 4.86. The predicted octanol–water partition coefficient (Wildman–Crippen LogP) is 4.78. The summed E-state index contributed by atoms with van der Waals surface area (Å²) in [5.41, 5.74) is 4.29. The van der Waals surface area contributed by atoms with Crippen molar-refractivity contribution < 1.29 is 4.79 Å². The lowest BCUT2D eigenvalue weighted by atomic mass is 10.1. The van der Waals surface area contributed by atoms with E-state index in [0.717, 1.165) is 24.3 Å². The molecule has 1 heterocycles. The molecule has 0 aliphatic carbocycles. The van der Waals surface area contributed by atoms with Gasteiger partial charge >= 0.3 is 6.03 Å². The number of hydrogen-bond donors (Lipinski definition) is 2. The van der Waals surface area contributed by atoms with Crippen LogP contribution in [0, 0.1) is 6.92 Å². The average molecular weight is 335 g/mol. The van der Waals surface area contributed by atoms with E-state index < -0.39 is 0 Å². The molecule has 0 saturated carbocycles. The van der Waals surface area contributed by atoms with E-state index >= 15 is 0 Å². The molecule has 2 aromatic rings. The van der Waals surface area contributed by atoms with Crippen LogP contribution in [0.25, 0.3) is 6.08 Å². The highest BCUT2D eigenvalue weighted by Crippen LogP contribution is 2.21. The van der Waals surface area contributed by atoms with Crippen LogP contribution in [-0.4, -0.2) is 19.1 Å². The monoisotopic (exact) mass is 335 g/mol. The lowest BCUT2D eigenvalue weighted by molar-refractivity contribution is 0.255. The van der Waals surface area contributed by atoms with E-state index in [1.54, 1.807) is 6.20 Å². The molecule has 0 radical (unpaired) electrons. The fourth-order valence-corrected chi connectivity index (χ4v) is 3.06. The molecular weight excluding hydrogens is 310 g/mol. The van der Waals surface area contributed by atoms with Crippen molar-refractivity contribution in [1.29, 1.82) is 0 Å². The Bertz CT molecular complexity index is 731. The van der Waals surface area contributed by atoms with Crippen molar-refractivity contribution in [2.75, 3.05) is 23.3 Å². The fourth-order valence-electron chi connectivity index (χ4n) is 3.06. The highest BCUT2D eigenvalue weighted by atomic mass is 16.2. The van der Waals surface area contributed by atoms with Crippen LogP contribution in [-0.2, 0) is 0 Å². The van der Waals surface area contributed by atoms with Gasteiger partial charge in [-0.05, 0) is 67.7 Å². The zero-order valence-electron chi connectivity index (χ0n) is 14.7. The molecule has 2 N–H and O–H groups in total. The molecule has 2 aromatic carbocycles. The summed E-state index contributed by atoms with van der Waals surface area (Å²) in [5.74, 6) is 0. The molecule has 4 nitrogen and oxygen atoms in total. The lowest BCUT2D eigenvalue weighted by Gasteiger charge is -2.28. The van der Waals surface area contributed by atoms with Gasteiger partial charge in [0.15, 0.2) is 0 Å².